The molecule has 0 aliphatic heterocycles. The Hall–Kier alpha value is 0.497. The van der Waals surface area contributed by atoms with Crippen molar-refractivity contribution >= 4 is 31.5 Å². The second kappa shape index (κ2) is 5.12. The van der Waals surface area contributed by atoms with E-state index in [2.05, 4.69) is 48.1 Å². The maximum Gasteiger partial charge on any atom is 0.201 e. The molecular weight excluding hydrogens is 283 g/mol. The summed E-state index contributed by atoms with van der Waals surface area (Å²) in [4.78, 5) is 0. The molecule has 0 amide bonds. The lowest BCUT2D eigenvalue weighted by molar-refractivity contribution is 0.194. The van der Waals surface area contributed by atoms with Gasteiger partial charge in [-0.3, -0.25) is 0 Å². The van der Waals surface area contributed by atoms with Crippen LogP contribution in [0.3, 0.4) is 0 Å². The molecule has 0 radical (unpaired) electrons. The van der Waals surface area contributed by atoms with E-state index in [-0.39, 0.29) is 0 Å². The smallest absolute Gasteiger partial charge is 0.201 e. The largest absolute Gasteiger partial charge is 0.404 e. The van der Waals surface area contributed by atoms with Crippen molar-refractivity contribution < 1.29 is 4.43 Å². The Bertz CT molecular complexity index is 304. The number of alkyl halides is 2. The molecule has 0 heterocycles. The SMILES string of the molecule is C=C[C@]1(O[Si](C(C)C)(C(C)C)C(C)C)CC1(Cl)Cl. The predicted octanol–water partition coefficient (Wildman–Crippen LogP) is 5.68. The molecular formula is C14H26Cl2OSi. The van der Waals surface area contributed by atoms with Crippen LogP contribution in [-0.4, -0.2) is 18.3 Å². The van der Waals surface area contributed by atoms with Gasteiger partial charge in [0, 0.05) is 6.42 Å². The first-order valence-electron chi connectivity index (χ1n) is 6.77. The van der Waals surface area contributed by atoms with E-state index in [4.69, 9.17) is 27.6 Å². The third kappa shape index (κ3) is 2.42. The highest BCUT2D eigenvalue weighted by Gasteiger charge is 2.69. The topological polar surface area (TPSA) is 9.23 Å². The molecule has 106 valence electrons. The van der Waals surface area contributed by atoms with E-state index in [1.54, 1.807) is 0 Å². The number of hydrogen-bond donors (Lipinski definition) is 0. The average Bonchev–Trinajstić information content (AvgIpc) is 2.76. The molecule has 0 unspecified atom stereocenters. The van der Waals surface area contributed by atoms with Gasteiger partial charge < -0.3 is 4.43 Å². The van der Waals surface area contributed by atoms with Gasteiger partial charge in [-0.2, -0.15) is 0 Å². The van der Waals surface area contributed by atoms with Crippen LogP contribution < -0.4 is 0 Å². The summed E-state index contributed by atoms with van der Waals surface area (Å²) < 4.78 is 5.86. The first-order chi connectivity index (χ1) is 8.06. The lowest BCUT2D eigenvalue weighted by Crippen LogP contribution is -2.51. The predicted molar refractivity (Wildman–Crippen MR) is 84.1 cm³/mol. The molecule has 0 spiro atoms. The number of halogens is 2. The normalized spacial score (nSPS) is 27.1. The molecule has 0 aromatic carbocycles. The van der Waals surface area contributed by atoms with Crippen LogP contribution in [0.15, 0.2) is 12.7 Å². The molecule has 1 nitrogen and oxygen atoms in total. The van der Waals surface area contributed by atoms with E-state index in [1.165, 1.54) is 0 Å². The summed E-state index contributed by atoms with van der Waals surface area (Å²) in [6.45, 7) is 17.4. The van der Waals surface area contributed by atoms with Gasteiger partial charge in [0.05, 0.1) is 0 Å². The van der Waals surface area contributed by atoms with E-state index >= 15 is 0 Å². The highest BCUT2D eigenvalue weighted by atomic mass is 35.5. The molecule has 1 aliphatic rings. The molecule has 0 saturated heterocycles. The third-order valence-electron chi connectivity index (χ3n) is 4.37. The zero-order valence-electron chi connectivity index (χ0n) is 12.4. The van der Waals surface area contributed by atoms with Gasteiger partial charge in [-0.15, -0.1) is 6.58 Å². The molecule has 0 N–H and O–H groups in total. The number of hydrogen-bond acceptors (Lipinski definition) is 1. The van der Waals surface area contributed by atoms with Crippen LogP contribution in [0.25, 0.3) is 0 Å². The molecule has 0 aromatic heterocycles. The van der Waals surface area contributed by atoms with Gasteiger partial charge >= 0.3 is 0 Å². The summed E-state index contributed by atoms with van der Waals surface area (Å²) in [6, 6.07) is 0. The molecule has 0 bridgehead atoms. The van der Waals surface area contributed by atoms with E-state index in [0.717, 1.165) is 0 Å². The minimum Gasteiger partial charge on any atom is -0.404 e. The second-order valence-electron chi connectivity index (χ2n) is 6.39. The van der Waals surface area contributed by atoms with Crippen LogP contribution in [0, 0.1) is 0 Å². The van der Waals surface area contributed by atoms with Crippen molar-refractivity contribution in [3.63, 3.8) is 0 Å². The van der Waals surface area contributed by atoms with E-state index in [1.807, 2.05) is 6.08 Å². The Morgan fingerprint density at radius 3 is 1.56 bits per heavy atom. The Balaban J connectivity index is 3.11. The fraction of sp³-hybridized carbons (Fsp3) is 0.857. The number of rotatable bonds is 6. The summed E-state index contributed by atoms with van der Waals surface area (Å²) in [5, 5.41) is 0. The highest BCUT2D eigenvalue weighted by Crippen LogP contribution is 2.63. The maximum atomic E-state index is 6.64. The average molecular weight is 309 g/mol. The zero-order valence-corrected chi connectivity index (χ0v) is 14.9. The Morgan fingerprint density at radius 2 is 1.39 bits per heavy atom. The van der Waals surface area contributed by atoms with Crippen LogP contribution in [0.2, 0.25) is 16.6 Å². The monoisotopic (exact) mass is 308 g/mol. The standard InChI is InChI=1S/C14H26Cl2OSi/c1-8-13(9-14(13,15)16)17-18(10(2)3,11(4)5)12(6)7/h8,10-12H,1,9H2,2-7H3/t13-/m0/s1. The lowest BCUT2D eigenvalue weighted by Gasteiger charge is -2.44. The van der Waals surface area contributed by atoms with Gasteiger partial charge in [-0.05, 0) is 16.6 Å². The maximum absolute atomic E-state index is 6.64. The van der Waals surface area contributed by atoms with Crippen LogP contribution in [0.4, 0.5) is 0 Å². The fourth-order valence-electron chi connectivity index (χ4n) is 3.33. The Morgan fingerprint density at radius 1 is 1.06 bits per heavy atom. The van der Waals surface area contributed by atoms with Crippen molar-refractivity contribution in [2.24, 2.45) is 0 Å². The third-order valence-corrected chi connectivity index (χ3v) is 11.4. The molecule has 1 aliphatic carbocycles. The lowest BCUT2D eigenvalue weighted by atomic mass is 10.3. The zero-order chi connectivity index (χ0) is 14.4. The Labute approximate surface area is 123 Å². The molecule has 1 saturated carbocycles. The summed E-state index contributed by atoms with van der Waals surface area (Å²) in [6.07, 6.45) is 2.47. The van der Waals surface area contributed by atoms with Gasteiger partial charge in [0.2, 0.25) is 8.32 Å². The van der Waals surface area contributed by atoms with Crippen molar-refractivity contribution in [3.8, 4) is 0 Å². The summed E-state index contributed by atoms with van der Waals surface area (Å²) in [7, 11) is -1.95. The van der Waals surface area contributed by atoms with Crippen molar-refractivity contribution in [2.45, 2.75) is 74.5 Å². The fourth-order valence-corrected chi connectivity index (χ4v) is 9.75. The summed E-state index contributed by atoms with van der Waals surface area (Å²) in [5.74, 6) is 0. The molecule has 4 heteroatoms. The van der Waals surface area contributed by atoms with Gasteiger partial charge in [0.15, 0.2) is 4.33 Å². The van der Waals surface area contributed by atoms with Gasteiger partial charge in [0.25, 0.3) is 0 Å². The molecule has 1 rings (SSSR count). The van der Waals surface area contributed by atoms with Crippen molar-refractivity contribution in [1.29, 1.82) is 0 Å². The van der Waals surface area contributed by atoms with Gasteiger partial charge in [0.1, 0.15) is 5.60 Å². The summed E-state index contributed by atoms with van der Waals surface area (Å²) >= 11 is 12.6. The Kier molecular flexibility index (Phi) is 4.71. The van der Waals surface area contributed by atoms with E-state index < -0.39 is 18.3 Å². The van der Waals surface area contributed by atoms with Crippen LogP contribution in [0.1, 0.15) is 48.0 Å². The quantitative estimate of drug-likeness (QED) is 0.348. The molecule has 1 fully saturated rings. The first kappa shape index (κ1) is 16.6. The van der Waals surface area contributed by atoms with Gasteiger partial charge in [-0.25, -0.2) is 0 Å². The summed E-state index contributed by atoms with van der Waals surface area (Å²) in [5.41, 5.74) is 1.05. The molecule has 18 heavy (non-hydrogen) atoms. The van der Waals surface area contributed by atoms with Crippen LogP contribution in [0.5, 0.6) is 0 Å². The van der Waals surface area contributed by atoms with Crippen molar-refractivity contribution in [3.05, 3.63) is 12.7 Å². The van der Waals surface area contributed by atoms with Crippen molar-refractivity contribution in [2.75, 3.05) is 0 Å². The minimum atomic E-state index is -1.95. The van der Waals surface area contributed by atoms with Crippen molar-refractivity contribution in [1.82, 2.24) is 0 Å². The highest BCUT2D eigenvalue weighted by molar-refractivity contribution is 6.78. The van der Waals surface area contributed by atoms with E-state index in [0.29, 0.717) is 23.0 Å². The molecule has 1 atom stereocenters. The first-order valence-corrected chi connectivity index (χ1v) is 9.67. The minimum absolute atomic E-state index is 0.527. The molecule has 0 aromatic rings. The van der Waals surface area contributed by atoms with E-state index in [9.17, 15) is 0 Å². The van der Waals surface area contributed by atoms with Gasteiger partial charge in [-0.1, -0.05) is 70.8 Å². The van der Waals surface area contributed by atoms with Crippen LogP contribution in [-0.2, 0) is 4.43 Å². The second-order valence-corrected chi connectivity index (χ2v) is 13.3. The van der Waals surface area contributed by atoms with Crippen LogP contribution >= 0.6 is 23.2 Å².